The lowest BCUT2D eigenvalue weighted by atomic mass is 10.4. The van der Waals surface area contributed by atoms with Gasteiger partial charge in [-0.05, 0) is 6.92 Å². The van der Waals surface area contributed by atoms with E-state index in [-0.39, 0.29) is 8.43 Å². The Balaban J connectivity index is -0.000000125. The van der Waals surface area contributed by atoms with Gasteiger partial charge >= 0.3 is 5.97 Å². The Kier molecular flexibility index (Phi) is 1.39. The highest BCUT2D eigenvalue weighted by Gasteiger charge is 1.90. The first-order chi connectivity index (χ1) is 2.64. The summed E-state index contributed by atoms with van der Waals surface area (Å²) in [4.78, 5) is 9.60. The van der Waals surface area contributed by atoms with Gasteiger partial charge in [0.25, 0.3) is 0 Å². The summed E-state index contributed by atoms with van der Waals surface area (Å²) in [6.45, 7) is 4.60. The molecule has 0 aliphatic heterocycles. The van der Waals surface area contributed by atoms with Crippen molar-refractivity contribution in [2.75, 3.05) is 0 Å². The molecule has 0 atom stereocenters. The molecule has 2 heteroatoms. The molecule has 0 fully saturated rings. The molecule has 0 unspecified atom stereocenters. The van der Waals surface area contributed by atoms with E-state index in [1.165, 1.54) is 6.92 Å². The fraction of sp³-hybridized carbons (Fsp3) is 0.250. The van der Waals surface area contributed by atoms with Crippen molar-refractivity contribution in [3.63, 3.8) is 0 Å². The molecule has 0 bridgehead atoms. The molecule has 0 amide bonds. The van der Waals surface area contributed by atoms with Gasteiger partial charge in [-0.25, -0.2) is 4.79 Å². The van der Waals surface area contributed by atoms with Crippen LogP contribution in [0.2, 0.25) is 0 Å². The van der Waals surface area contributed by atoms with Crippen LogP contribution in [0.3, 0.4) is 0 Å². The first-order valence-corrected chi connectivity index (χ1v) is 1.53. The fourth-order valence-corrected chi connectivity index (χ4v) is 0. The van der Waals surface area contributed by atoms with Gasteiger partial charge in [0.2, 0.25) is 0 Å². The van der Waals surface area contributed by atoms with E-state index in [1.807, 2.05) is 0 Å². The summed E-state index contributed by atoms with van der Waals surface area (Å²) in [7, 11) is 0. The largest absolute Gasteiger partial charge is 0.478 e. The number of carboxylic acid groups (broad SMARTS) is 1. The molecule has 1 N–H and O–H groups in total. The van der Waals surface area contributed by atoms with Gasteiger partial charge in [0.15, 0.2) is 0 Å². The van der Waals surface area contributed by atoms with E-state index >= 15 is 0 Å². The zero-order valence-electron chi connectivity index (χ0n) is 3.56. The van der Waals surface area contributed by atoms with Crippen LogP contribution in [0.5, 0.6) is 0 Å². The molecule has 0 saturated heterocycles. The second kappa shape index (κ2) is 1.60. The van der Waals surface area contributed by atoms with Gasteiger partial charge in [0.1, 0.15) is 0 Å². The highest BCUT2D eigenvalue weighted by molar-refractivity contribution is 5.84. The molecule has 2 nitrogen and oxygen atoms in total. The summed E-state index contributed by atoms with van der Waals surface area (Å²) in [5, 5.41) is 7.89. The molecule has 0 rings (SSSR count). The summed E-state index contributed by atoms with van der Waals surface area (Å²) in [6.07, 6.45) is 0. The smallest absolute Gasteiger partial charge is 0.330 e. The standard InChI is InChI=1S/C4H6O2.2H2/c1-3(2)4(5)6;;/h1H2,2H3,(H,5,6);2*1H. The van der Waals surface area contributed by atoms with Crippen LogP contribution in [0, 0.1) is 0 Å². The maximum Gasteiger partial charge on any atom is 0.330 e. The summed E-state index contributed by atoms with van der Waals surface area (Å²) >= 11 is 0. The van der Waals surface area contributed by atoms with E-state index in [2.05, 4.69) is 6.58 Å². The van der Waals surface area contributed by atoms with Gasteiger partial charge in [0.05, 0.1) is 0 Å². The van der Waals surface area contributed by atoms with Gasteiger partial charge in [-0.1, -0.05) is 6.58 Å². The molecule has 0 aliphatic carbocycles. The van der Waals surface area contributed by atoms with Crippen LogP contribution < -0.4 is 0 Å². The van der Waals surface area contributed by atoms with E-state index < -0.39 is 5.97 Å². The third kappa shape index (κ3) is 1.52. The Morgan fingerprint density at radius 3 is 2.17 bits per heavy atom. The van der Waals surface area contributed by atoms with Gasteiger partial charge < -0.3 is 5.11 Å². The molecular formula is C4H10O2. The van der Waals surface area contributed by atoms with Gasteiger partial charge in [-0.2, -0.15) is 0 Å². The first-order valence-electron chi connectivity index (χ1n) is 1.53. The Labute approximate surface area is 39.1 Å². The molecule has 0 heterocycles. The van der Waals surface area contributed by atoms with Gasteiger partial charge in [-0.3, -0.25) is 0 Å². The summed E-state index contributed by atoms with van der Waals surface area (Å²) in [6, 6.07) is 0. The topological polar surface area (TPSA) is 37.3 Å². The predicted octanol–water partition coefficient (Wildman–Crippen LogP) is 1.14. The lowest BCUT2D eigenvalue weighted by molar-refractivity contribution is -0.132. The maximum atomic E-state index is 9.60. The summed E-state index contributed by atoms with van der Waals surface area (Å²) in [5.74, 6) is -0.935. The average Bonchev–Trinajstić information content (AvgIpc) is 1.36. The molecule has 0 aromatic rings. The van der Waals surface area contributed by atoms with Crippen LogP contribution in [0.25, 0.3) is 0 Å². The van der Waals surface area contributed by atoms with Crippen molar-refractivity contribution in [1.82, 2.24) is 0 Å². The quantitative estimate of drug-likeness (QED) is 0.490. The predicted molar refractivity (Wildman–Crippen MR) is 26.7 cm³/mol. The molecule has 0 spiro atoms. The van der Waals surface area contributed by atoms with Crippen molar-refractivity contribution in [3.8, 4) is 0 Å². The lowest BCUT2D eigenvalue weighted by Gasteiger charge is -1.79. The first kappa shape index (κ1) is 5.21. The van der Waals surface area contributed by atoms with Crippen LogP contribution in [-0.4, -0.2) is 11.1 Å². The molecule has 0 aromatic heterocycles. The number of rotatable bonds is 1. The van der Waals surface area contributed by atoms with Gasteiger partial charge in [0, 0.05) is 8.43 Å². The van der Waals surface area contributed by atoms with Crippen LogP contribution in [0.1, 0.15) is 9.78 Å². The van der Waals surface area contributed by atoms with Crippen molar-refractivity contribution < 1.29 is 12.8 Å². The van der Waals surface area contributed by atoms with Crippen LogP contribution in [0.4, 0.5) is 0 Å². The number of aliphatic carboxylic acids is 1. The average molecular weight is 90.1 g/mol. The second-order valence-corrected chi connectivity index (χ2v) is 1.09. The SMILES string of the molecule is C=C(C)C(=O)O.[HH].[HH]. The number of hydrogen-bond acceptors (Lipinski definition) is 1. The van der Waals surface area contributed by atoms with Crippen molar-refractivity contribution >= 4 is 5.97 Å². The number of carbonyl (C=O) groups is 1. The summed E-state index contributed by atoms with van der Waals surface area (Å²) < 4.78 is 0. The lowest BCUT2D eigenvalue weighted by Crippen LogP contribution is -1.92. The molecule has 38 valence electrons. The Bertz CT molecular complexity index is 78.0. The van der Waals surface area contributed by atoms with Crippen molar-refractivity contribution in [3.05, 3.63) is 12.2 Å². The van der Waals surface area contributed by atoms with Gasteiger partial charge in [-0.15, -0.1) is 0 Å². The minimum absolute atomic E-state index is 0. The normalized spacial score (nSPS) is 7.50. The molecule has 0 radical (unpaired) electrons. The maximum absolute atomic E-state index is 9.60. The Morgan fingerprint density at radius 2 is 2.17 bits per heavy atom. The zero-order chi connectivity index (χ0) is 5.15. The molecule has 0 aliphatic rings. The van der Waals surface area contributed by atoms with E-state index in [0.29, 0.717) is 0 Å². The molecule has 0 saturated carbocycles. The van der Waals surface area contributed by atoms with Crippen molar-refractivity contribution in [2.24, 2.45) is 0 Å². The molecule has 6 heavy (non-hydrogen) atoms. The Morgan fingerprint density at radius 1 is 2.00 bits per heavy atom. The fourth-order valence-electron chi connectivity index (χ4n) is 0. The highest BCUT2D eigenvalue weighted by atomic mass is 16.4. The minimum Gasteiger partial charge on any atom is -0.478 e. The molecular weight excluding hydrogens is 80.0 g/mol. The van der Waals surface area contributed by atoms with E-state index in [4.69, 9.17) is 5.11 Å². The van der Waals surface area contributed by atoms with Crippen molar-refractivity contribution in [2.45, 2.75) is 6.92 Å². The van der Waals surface area contributed by atoms with E-state index in [9.17, 15) is 4.79 Å². The third-order valence-electron chi connectivity index (χ3n) is 0.365. The zero-order valence-corrected chi connectivity index (χ0v) is 3.56. The molecule has 0 aromatic carbocycles. The second-order valence-electron chi connectivity index (χ2n) is 1.09. The third-order valence-corrected chi connectivity index (χ3v) is 0.365. The van der Waals surface area contributed by atoms with Crippen LogP contribution in [0.15, 0.2) is 12.2 Å². The minimum atomic E-state index is -0.935. The van der Waals surface area contributed by atoms with Crippen LogP contribution >= 0.6 is 0 Å². The summed E-state index contributed by atoms with van der Waals surface area (Å²) in [5.41, 5.74) is 0.176. The van der Waals surface area contributed by atoms with Crippen molar-refractivity contribution in [1.29, 1.82) is 0 Å². The van der Waals surface area contributed by atoms with E-state index in [0.717, 1.165) is 0 Å². The van der Waals surface area contributed by atoms with Crippen LogP contribution in [-0.2, 0) is 4.79 Å². The number of hydrogen-bond donors (Lipinski definition) is 1. The van der Waals surface area contributed by atoms with E-state index in [1.54, 1.807) is 0 Å². The number of carboxylic acids is 1. The monoisotopic (exact) mass is 90.1 g/mol. The highest BCUT2D eigenvalue weighted by Crippen LogP contribution is 1.81. The Hall–Kier alpha value is -0.790.